The Kier molecular flexibility index (Phi) is 5.00. The van der Waals surface area contributed by atoms with E-state index in [1.54, 1.807) is 0 Å². The number of rotatable bonds is 6. The second-order valence-corrected chi connectivity index (χ2v) is 9.34. The molecule has 2 aromatic rings. The monoisotopic (exact) mass is 403 g/mol. The van der Waals surface area contributed by atoms with Crippen molar-refractivity contribution in [2.75, 3.05) is 19.8 Å². The van der Waals surface area contributed by atoms with Crippen LogP contribution in [0, 0.1) is 30.1 Å². The highest BCUT2D eigenvalue weighted by Gasteiger charge is 2.44. The van der Waals surface area contributed by atoms with E-state index < -0.39 is 0 Å². The average Bonchev–Trinajstić information content (AvgIpc) is 3.34. The molecular formula is C25H29N3O2. The van der Waals surface area contributed by atoms with Gasteiger partial charge in [-0.1, -0.05) is 6.92 Å². The lowest BCUT2D eigenvalue weighted by Gasteiger charge is -2.26. The topological polar surface area (TPSA) is 58.3 Å². The lowest BCUT2D eigenvalue weighted by molar-refractivity contribution is -0.0318. The first-order valence-electron chi connectivity index (χ1n) is 11.1. The molecule has 3 aliphatic heterocycles. The molecule has 0 N–H and O–H groups in total. The van der Waals surface area contributed by atoms with Gasteiger partial charge in [0.1, 0.15) is 0 Å². The number of nitrogens with zero attached hydrogens (tertiary/aromatic N) is 3. The zero-order valence-corrected chi connectivity index (χ0v) is 17.8. The van der Waals surface area contributed by atoms with E-state index in [2.05, 4.69) is 28.5 Å². The van der Waals surface area contributed by atoms with Crippen molar-refractivity contribution in [1.29, 1.82) is 5.26 Å². The van der Waals surface area contributed by atoms with Crippen LogP contribution in [0.4, 0.5) is 0 Å². The number of aromatic nitrogens is 1. The normalized spacial score (nSPS) is 26.0. The van der Waals surface area contributed by atoms with Crippen LogP contribution in [0.25, 0.3) is 5.69 Å². The minimum absolute atomic E-state index is 0.233. The molecule has 4 heterocycles. The summed E-state index contributed by atoms with van der Waals surface area (Å²) in [5.41, 5.74) is 4.66. The maximum Gasteiger partial charge on any atom is 0.178 e. The van der Waals surface area contributed by atoms with Crippen molar-refractivity contribution in [3.05, 3.63) is 52.8 Å². The second-order valence-electron chi connectivity index (χ2n) is 9.34. The molecule has 5 nitrogen and oxygen atoms in total. The van der Waals surface area contributed by atoms with Crippen LogP contribution in [0.2, 0.25) is 0 Å². The van der Waals surface area contributed by atoms with Crippen LogP contribution in [0.3, 0.4) is 0 Å². The molecule has 0 spiro atoms. The van der Waals surface area contributed by atoms with E-state index in [1.807, 2.05) is 31.2 Å². The molecule has 1 aromatic heterocycles. The predicted octanol–water partition coefficient (Wildman–Crippen LogP) is 3.90. The molecule has 1 aromatic carbocycles. The van der Waals surface area contributed by atoms with E-state index in [9.17, 15) is 4.79 Å². The van der Waals surface area contributed by atoms with Crippen molar-refractivity contribution < 1.29 is 9.53 Å². The van der Waals surface area contributed by atoms with Crippen LogP contribution in [0.15, 0.2) is 30.3 Å². The van der Waals surface area contributed by atoms with E-state index >= 15 is 0 Å². The largest absolute Gasteiger partial charge is 0.381 e. The number of nitriles is 1. The van der Waals surface area contributed by atoms with Gasteiger partial charge in [0.2, 0.25) is 0 Å². The molecule has 0 saturated carbocycles. The third kappa shape index (κ3) is 3.29. The minimum Gasteiger partial charge on any atom is -0.381 e. The van der Waals surface area contributed by atoms with Gasteiger partial charge in [0.05, 0.1) is 31.4 Å². The summed E-state index contributed by atoms with van der Waals surface area (Å²) in [6.07, 6.45) is 4.61. The van der Waals surface area contributed by atoms with E-state index in [4.69, 9.17) is 10.00 Å². The summed E-state index contributed by atoms with van der Waals surface area (Å²) in [6, 6.07) is 13.1. The Hall–Kier alpha value is -2.42. The number of ketones is 1. The van der Waals surface area contributed by atoms with E-state index in [0.29, 0.717) is 36.0 Å². The fourth-order valence-corrected chi connectivity index (χ4v) is 5.76. The molecule has 0 amide bonds. The van der Waals surface area contributed by atoms with Crippen LogP contribution >= 0.6 is 0 Å². The van der Waals surface area contributed by atoms with Gasteiger partial charge in [-0.05, 0) is 68.9 Å². The fraction of sp³-hybridized carbons (Fsp3) is 0.520. The first kappa shape index (κ1) is 19.5. The summed E-state index contributed by atoms with van der Waals surface area (Å²) < 4.78 is 7.58. The van der Waals surface area contributed by atoms with Gasteiger partial charge in [-0.2, -0.15) is 5.26 Å². The van der Waals surface area contributed by atoms with Crippen molar-refractivity contribution in [2.45, 2.75) is 51.6 Å². The quantitative estimate of drug-likeness (QED) is 0.687. The molecule has 3 atom stereocenters. The highest BCUT2D eigenvalue weighted by atomic mass is 16.5. The van der Waals surface area contributed by atoms with Gasteiger partial charge in [0.25, 0.3) is 0 Å². The van der Waals surface area contributed by atoms with Gasteiger partial charge >= 0.3 is 0 Å². The average molecular weight is 404 g/mol. The summed E-state index contributed by atoms with van der Waals surface area (Å²) in [5.74, 6) is 1.45. The number of Topliss-reactive ketones (excluding diaryl/α,β-unsaturated/α-hetero) is 1. The summed E-state index contributed by atoms with van der Waals surface area (Å²) in [7, 11) is 0. The van der Waals surface area contributed by atoms with E-state index in [1.165, 1.54) is 19.3 Å². The van der Waals surface area contributed by atoms with Gasteiger partial charge in [-0.15, -0.1) is 0 Å². The Morgan fingerprint density at radius 1 is 1.23 bits per heavy atom. The summed E-state index contributed by atoms with van der Waals surface area (Å²) >= 11 is 0. The zero-order valence-electron chi connectivity index (χ0n) is 17.8. The SMILES string of the molecule is Cc1c(C(=O)CN2[C@H]3CC[C@@H]2[C@H](C)C3)cc(CC2COC2)n1-c1ccc(C#N)cc1. The fourth-order valence-electron chi connectivity index (χ4n) is 5.76. The van der Waals surface area contributed by atoms with Crippen LogP contribution in [0.5, 0.6) is 0 Å². The first-order chi connectivity index (χ1) is 14.5. The van der Waals surface area contributed by atoms with E-state index in [0.717, 1.165) is 42.3 Å². The second kappa shape index (κ2) is 7.68. The van der Waals surface area contributed by atoms with Crippen molar-refractivity contribution >= 4 is 5.78 Å². The number of benzene rings is 1. The minimum atomic E-state index is 0.233. The highest BCUT2D eigenvalue weighted by Crippen LogP contribution is 2.41. The summed E-state index contributed by atoms with van der Waals surface area (Å²) in [6.45, 7) is 6.48. The third-order valence-electron chi connectivity index (χ3n) is 7.40. The van der Waals surface area contributed by atoms with Crippen LogP contribution in [-0.4, -0.2) is 47.1 Å². The standard InChI is InChI=1S/C25H29N3O2/c1-16-9-21-7-8-24(16)27(21)13-25(29)23-11-22(10-19-14-30-15-19)28(17(23)2)20-5-3-18(12-26)4-6-20/h3-6,11,16,19,21,24H,7-10,13-15H2,1-2H3/t16-,21+,24-/m1/s1. The Labute approximate surface area is 178 Å². The number of fused-ring (bicyclic) bond motifs is 2. The van der Waals surface area contributed by atoms with Crippen molar-refractivity contribution in [2.24, 2.45) is 11.8 Å². The molecule has 0 unspecified atom stereocenters. The van der Waals surface area contributed by atoms with Gasteiger partial charge in [0.15, 0.2) is 5.78 Å². The molecule has 30 heavy (non-hydrogen) atoms. The molecule has 5 rings (SSSR count). The molecule has 0 aliphatic carbocycles. The third-order valence-corrected chi connectivity index (χ3v) is 7.40. The maximum absolute atomic E-state index is 13.4. The summed E-state index contributed by atoms with van der Waals surface area (Å²) in [4.78, 5) is 15.9. The number of ether oxygens (including phenoxy) is 1. The molecule has 0 radical (unpaired) electrons. The van der Waals surface area contributed by atoms with Crippen molar-refractivity contribution in [3.63, 3.8) is 0 Å². The molecule has 3 saturated heterocycles. The number of hydrogen-bond acceptors (Lipinski definition) is 4. The maximum atomic E-state index is 13.4. The van der Waals surface area contributed by atoms with Crippen LogP contribution in [0.1, 0.15) is 53.5 Å². The van der Waals surface area contributed by atoms with Gasteiger partial charge in [0, 0.05) is 40.6 Å². The molecule has 3 fully saturated rings. The Morgan fingerprint density at radius 2 is 2.00 bits per heavy atom. The van der Waals surface area contributed by atoms with Gasteiger partial charge in [-0.3, -0.25) is 9.69 Å². The van der Waals surface area contributed by atoms with Gasteiger partial charge < -0.3 is 9.30 Å². The molecule has 2 bridgehead atoms. The summed E-state index contributed by atoms with van der Waals surface area (Å²) in [5, 5.41) is 9.13. The first-order valence-corrected chi connectivity index (χ1v) is 11.1. The van der Waals surface area contributed by atoms with Crippen molar-refractivity contribution in [1.82, 2.24) is 9.47 Å². The van der Waals surface area contributed by atoms with Crippen molar-refractivity contribution in [3.8, 4) is 11.8 Å². The van der Waals surface area contributed by atoms with Crippen LogP contribution < -0.4 is 0 Å². The Balaban J connectivity index is 1.46. The van der Waals surface area contributed by atoms with Gasteiger partial charge in [-0.25, -0.2) is 0 Å². The number of carbonyl (C=O) groups excluding carboxylic acids is 1. The van der Waals surface area contributed by atoms with Crippen LogP contribution in [-0.2, 0) is 11.2 Å². The molecule has 3 aliphatic rings. The molecule has 5 heteroatoms. The predicted molar refractivity (Wildman–Crippen MR) is 115 cm³/mol. The Bertz CT molecular complexity index is 997. The molecular weight excluding hydrogens is 374 g/mol. The highest BCUT2D eigenvalue weighted by molar-refractivity contribution is 5.99. The Morgan fingerprint density at radius 3 is 2.57 bits per heavy atom. The van der Waals surface area contributed by atoms with E-state index in [-0.39, 0.29) is 5.78 Å². The molecule has 156 valence electrons. The smallest absolute Gasteiger partial charge is 0.178 e. The number of hydrogen-bond donors (Lipinski definition) is 0. The number of carbonyl (C=O) groups is 1. The lowest BCUT2D eigenvalue weighted by Crippen LogP contribution is -2.35. The zero-order chi connectivity index (χ0) is 20.8. The lowest BCUT2D eigenvalue weighted by atomic mass is 9.91.